The average Bonchev–Trinajstić information content (AvgIpc) is 3.53. The van der Waals surface area contributed by atoms with Crippen LogP contribution in [0.3, 0.4) is 0 Å². The van der Waals surface area contributed by atoms with E-state index in [9.17, 15) is 4.79 Å². The largest absolute Gasteiger partial charge is 0.496 e. The Morgan fingerprint density at radius 2 is 1.84 bits per heavy atom. The van der Waals surface area contributed by atoms with Crippen LogP contribution in [0.5, 0.6) is 5.75 Å². The van der Waals surface area contributed by atoms with Crippen molar-refractivity contribution in [3.8, 4) is 17.2 Å². The van der Waals surface area contributed by atoms with Crippen LogP contribution >= 0.6 is 0 Å². The molecule has 0 spiro atoms. The number of nitrogens with one attached hydrogen (secondary N) is 1. The van der Waals surface area contributed by atoms with Gasteiger partial charge in [-0.1, -0.05) is 36.4 Å². The lowest BCUT2D eigenvalue weighted by molar-refractivity contribution is -0.121. The van der Waals surface area contributed by atoms with Crippen LogP contribution in [0.2, 0.25) is 0 Å². The molecule has 2 aromatic carbocycles. The molecule has 1 atom stereocenters. The number of methoxy groups -OCH3 is 1. The lowest BCUT2D eigenvalue weighted by Crippen LogP contribution is -2.37. The van der Waals surface area contributed by atoms with E-state index in [-0.39, 0.29) is 11.9 Å². The topological polar surface area (TPSA) is 80.5 Å². The lowest BCUT2D eigenvalue weighted by atomic mass is 10.0. The Morgan fingerprint density at radius 1 is 1.09 bits per heavy atom. The molecule has 3 aromatic rings. The minimum atomic E-state index is 0.0342. The Bertz CT molecular complexity index is 999. The van der Waals surface area contributed by atoms with E-state index in [1.54, 1.807) is 7.11 Å². The van der Waals surface area contributed by atoms with E-state index in [1.165, 1.54) is 12.8 Å². The fourth-order valence-electron chi connectivity index (χ4n) is 4.18. The summed E-state index contributed by atoms with van der Waals surface area (Å²) in [5.41, 5.74) is 2.02. The highest BCUT2D eigenvalue weighted by Gasteiger charge is 2.26. The summed E-state index contributed by atoms with van der Waals surface area (Å²) in [6, 6.07) is 17.9. The van der Waals surface area contributed by atoms with Crippen molar-refractivity contribution in [2.75, 3.05) is 26.7 Å². The summed E-state index contributed by atoms with van der Waals surface area (Å²) in [6.07, 6.45) is 4.03. The van der Waals surface area contributed by atoms with Gasteiger partial charge in [-0.25, -0.2) is 0 Å². The summed E-state index contributed by atoms with van der Waals surface area (Å²) in [4.78, 5) is 15.0. The van der Waals surface area contributed by atoms with E-state index in [1.807, 2.05) is 48.5 Å². The third-order valence-electron chi connectivity index (χ3n) is 5.85. The van der Waals surface area contributed by atoms with Crippen LogP contribution in [0.1, 0.15) is 43.2 Å². The van der Waals surface area contributed by atoms with Crippen LogP contribution in [0, 0.1) is 0 Å². The number of ether oxygens (including phenoxy) is 1. The Balaban J connectivity index is 1.29. The van der Waals surface area contributed by atoms with E-state index >= 15 is 0 Å². The molecule has 0 radical (unpaired) electrons. The second kappa shape index (κ2) is 10.9. The summed E-state index contributed by atoms with van der Waals surface area (Å²) >= 11 is 0. The number of aromatic nitrogens is 2. The number of carbonyl (C=O) groups is 1. The highest BCUT2D eigenvalue weighted by Crippen LogP contribution is 2.31. The van der Waals surface area contributed by atoms with Gasteiger partial charge in [0.15, 0.2) is 0 Å². The zero-order valence-corrected chi connectivity index (χ0v) is 18.5. The predicted octanol–water partition coefficient (Wildman–Crippen LogP) is 4.02. The zero-order chi connectivity index (χ0) is 22.2. The average molecular weight is 435 g/mol. The Labute approximate surface area is 188 Å². The van der Waals surface area contributed by atoms with Crippen molar-refractivity contribution in [1.29, 1.82) is 0 Å². The van der Waals surface area contributed by atoms with Crippen molar-refractivity contribution < 1.29 is 13.9 Å². The monoisotopic (exact) mass is 434 g/mol. The van der Waals surface area contributed by atoms with Crippen LogP contribution in [0.15, 0.2) is 59.0 Å². The number of benzene rings is 2. The summed E-state index contributed by atoms with van der Waals surface area (Å²) in [5, 5.41) is 11.3. The first-order chi connectivity index (χ1) is 15.7. The van der Waals surface area contributed by atoms with Gasteiger partial charge in [-0.05, 0) is 50.6 Å². The number of amides is 1. The molecule has 0 bridgehead atoms. The molecular formula is C25H30N4O3. The fourth-order valence-corrected chi connectivity index (χ4v) is 4.18. The molecule has 1 amide bonds. The van der Waals surface area contributed by atoms with E-state index in [0.717, 1.165) is 30.0 Å². The van der Waals surface area contributed by atoms with Crippen molar-refractivity contribution in [1.82, 2.24) is 20.4 Å². The number of nitrogens with zero attached hydrogens (tertiary/aromatic N) is 3. The molecule has 7 nitrogen and oxygen atoms in total. The van der Waals surface area contributed by atoms with Crippen molar-refractivity contribution in [2.45, 2.75) is 38.1 Å². The van der Waals surface area contributed by atoms with Gasteiger partial charge in [-0.2, -0.15) is 0 Å². The molecule has 168 valence electrons. The van der Waals surface area contributed by atoms with Gasteiger partial charge in [-0.3, -0.25) is 9.69 Å². The van der Waals surface area contributed by atoms with Crippen LogP contribution in [-0.2, 0) is 11.2 Å². The zero-order valence-electron chi connectivity index (χ0n) is 18.5. The molecular weight excluding hydrogens is 404 g/mol. The number of hydrogen-bond donors (Lipinski definition) is 1. The van der Waals surface area contributed by atoms with E-state index in [0.29, 0.717) is 37.6 Å². The van der Waals surface area contributed by atoms with Crippen molar-refractivity contribution in [3.05, 3.63) is 66.1 Å². The summed E-state index contributed by atoms with van der Waals surface area (Å²) in [7, 11) is 1.69. The maximum absolute atomic E-state index is 12.5. The number of rotatable bonds is 10. The fraction of sp³-hybridized carbons (Fsp3) is 0.400. The summed E-state index contributed by atoms with van der Waals surface area (Å²) < 4.78 is 11.3. The first-order valence-corrected chi connectivity index (χ1v) is 11.3. The molecule has 1 aromatic heterocycles. The first kappa shape index (κ1) is 22.0. The maximum Gasteiger partial charge on any atom is 0.247 e. The van der Waals surface area contributed by atoms with Crippen LogP contribution < -0.4 is 10.1 Å². The number of hydrogen-bond acceptors (Lipinski definition) is 6. The quantitative estimate of drug-likeness (QED) is 0.519. The predicted molar refractivity (Wildman–Crippen MR) is 122 cm³/mol. The van der Waals surface area contributed by atoms with Gasteiger partial charge >= 0.3 is 0 Å². The number of aryl methyl sites for hydroxylation is 1. The van der Waals surface area contributed by atoms with Gasteiger partial charge in [0.25, 0.3) is 0 Å². The normalized spacial score (nSPS) is 14.9. The second-order valence-electron chi connectivity index (χ2n) is 8.03. The van der Waals surface area contributed by atoms with E-state index in [2.05, 4.69) is 26.5 Å². The minimum Gasteiger partial charge on any atom is -0.496 e. The number of para-hydroxylation sites is 1. The highest BCUT2D eigenvalue weighted by atomic mass is 16.5. The first-order valence-electron chi connectivity index (χ1n) is 11.3. The van der Waals surface area contributed by atoms with Gasteiger partial charge in [0.2, 0.25) is 17.7 Å². The molecule has 1 N–H and O–H groups in total. The summed E-state index contributed by atoms with van der Waals surface area (Å²) in [5.74, 6) is 1.96. The molecule has 2 heterocycles. The third kappa shape index (κ3) is 5.53. The molecule has 1 aliphatic rings. The molecule has 0 aliphatic carbocycles. The maximum atomic E-state index is 12.5. The molecule has 32 heavy (non-hydrogen) atoms. The molecule has 1 fully saturated rings. The standard InChI is InChI=1S/C25H30N4O3/c1-31-22-13-6-5-12-20(22)21(29-16-7-8-17-29)18-26-23(30)14-9-15-24-27-28-25(32-24)19-10-3-2-4-11-19/h2-6,10-13,21H,7-9,14-18H2,1H3,(H,26,30). The lowest BCUT2D eigenvalue weighted by Gasteiger charge is -2.29. The Hall–Kier alpha value is -3.19. The third-order valence-corrected chi connectivity index (χ3v) is 5.85. The van der Waals surface area contributed by atoms with Crippen LogP contribution in [0.4, 0.5) is 0 Å². The minimum absolute atomic E-state index is 0.0342. The second-order valence-corrected chi connectivity index (χ2v) is 8.03. The molecule has 1 saturated heterocycles. The molecule has 7 heteroatoms. The van der Waals surface area contributed by atoms with E-state index < -0.39 is 0 Å². The molecule has 1 unspecified atom stereocenters. The van der Waals surface area contributed by atoms with E-state index in [4.69, 9.17) is 9.15 Å². The van der Waals surface area contributed by atoms with Gasteiger partial charge in [0, 0.05) is 30.5 Å². The molecule has 4 rings (SSSR count). The molecule has 0 saturated carbocycles. The van der Waals surface area contributed by atoms with Gasteiger partial charge in [0.1, 0.15) is 5.75 Å². The van der Waals surface area contributed by atoms with Crippen molar-refractivity contribution in [2.24, 2.45) is 0 Å². The number of likely N-dealkylation sites (tertiary alicyclic amines) is 1. The Morgan fingerprint density at radius 3 is 2.62 bits per heavy atom. The van der Waals surface area contributed by atoms with Crippen molar-refractivity contribution in [3.63, 3.8) is 0 Å². The van der Waals surface area contributed by atoms with Crippen LogP contribution in [-0.4, -0.2) is 47.7 Å². The van der Waals surface area contributed by atoms with Crippen LogP contribution in [0.25, 0.3) is 11.5 Å². The Kier molecular flexibility index (Phi) is 7.51. The van der Waals surface area contributed by atoms with Crippen molar-refractivity contribution >= 4 is 5.91 Å². The highest BCUT2D eigenvalue weighted by molar-refractivity contribution is 5.75. The van der Waals surface area contributed by atoms with Gasteiger partial charge in [-0.15, -0.1) is 10.2 Å². The SMILES string of the molecule is COc1ccccc1C(CNC(=O)CCCc1nnc(-c2ccccc2)o1)N1CCCC1. The van der Waals surface area contributed by atoms with Gasteiger partial charge in [0.05, 0.1) is 13.2 Å². The van der Waals surface area contributed by atoms with Gasteiger partial charge < -0.3 is 14.5 Å². The summed E-state index contributed by atoms with van der Waals surface area (Å²) in [6.45, 7) is 2.65. The smallest absolute Gasteiger partial charge is 0.247 e. The molecule has 1 aliphatic heterocycles. The number of carbonyl (C=O) groups excluding carboxylic acids is 1.